The summed E-state index contributed by atoms with van der Waals surface area (Å²) >= 11 is 0. The van der Waals surface area contributed by atoms with Gasteiger partial charge in [-0.3, -0.25) is 24.2 Å². The van der Waals surface area contributed by atoms with Crippen molar-refractivity contribution in [1.29, 1.82) is 5.41 Å². The molecule has 0 unspecified atom stereocenters. The number of nitrogens with one attached hydrogen (secondary N) is 1. The number of aliphatic hydroxyl groups is 1. The van der Waals surface area contributed by atoms with Gasteiger partial charge in [-0.2, -0.15) is 0 Å². The molecule has 2 N–H and O–H groups in total. The molecule has 10 nitrogen and oxygen atoms in total. The van der Waals surface area contributed by atoms with Gasteiger partial charge in [0.25, 0.3) is 11.5 Å². The van der Waals surface area contributed by atoms with E-state index in [1.165, 1.54) is 15.0 Å². The number of carbonyl (C=O) groups excluding carboxylic acids is 2. The lowest BCUT2D eigenvalue weighted by molar-refractivity contribution is -0.149. The second-order valence-corrected chi connectivity index (χ2v) is 7.68. The normalized spacial score (nSPS) is 14.8. The fraction of sp³-hybridized carbons (Fsp3) is 0.409. The van der Waals surface area contributed by atoms with Crippen LogP contribution in [0.4, 0.5) is 0 Å². The predicted octanol–water partition coefficient (Wildman–Crippen LogP) is 0.536. The minimum atomic E-state index is -0.386. The second-order valence-electron chi connectivity index (χ2n) is 7.68. The van der Waals surface area contributed by atoms with Crippen LogP contribution in [0.15, 0.2) is 35.3 Å². The van der Waals surface area contributed by atoms with Crippen molar-refractivity contribution in [3.63, 3.8) is 0 Å². The number of amides is 1. The average Bonchev–Trinajstić information content (AvgIpc) is 2.81. The van der Waals surface area contributed by atoms with Gasteiger partial charge in [0.1, 0.15) is 16.8 Å². The molecule has 0 saturated carbocycles. The van der Waals surface area contributed by atoms with Crippen molar-refractivity contribution in [3.8, 4) is 0 Å². The lowest BCUT2D eigenvalue weighted by Crippen LogP contribution is -2.43. The SMILES string of the molecule is CCOC(=O)C1CCN(C(=O)c2cc3c(=O)n4ccccc4nc3n(CCO)c2=N)CC1. The predicted molar refractivity (Wildman–Crippen MR) is 115 cm³/mol. The van der Waals surface area contributed by atoms with Gasteiger partial charge in [0.15, 0.2) is 0 Å². The zero-order valence-electron chi connectivity index (χ0n) is 17.8. The Labute approximate surface area is 183 Å². The van der Waals surface area contributed by atoms with E-state index in [2.05, 4.69) is 4.98 Å². The molecule has 0 aliphatic carbocycles. The van der Waals surface area contributed by atoms with Crippen LogP contribution >= 0.6 is 0 Å². The highest BCUT2D eigenvalue weighted by atomic mass is 16.5. The maximum Gasteiger partial charge on any atom is 0.309 e. The van der Waals surface area contributed by atoms with Crippen LogP contribution in [-0.4, -0.2) is 62.1 Å². The van der Waals surface area contributed by atoms with Crippen LogP contribution in [-0.2, 0) is 16.1 Å². The molecule has 0 spiro atoms. The number of likely N-dealkylation sites (tertiary alicyclic amines) is 1. The van der Waals surface area contributed by atoms with E-state index < -0.39 is 0 Å². The molecule has 3 aromatic rings. The quantitative estimate of drug-likeness (QED) is 0.441. The standard InChI is InChI=1S/C22H25N5O5/c1-2-32-22(31)14-6-9-25(10-7-14)20(29)15-13-16-19(27(11-12-28)18(15)23)24-17-5-3-4-8-26(17)21(16)30/h3-5,8,13-14,23,28H,2,6-7,9-12H2,1H3. The van der Waals surface area contributed by atoms with Gasteiger partial charge in [0.2, 0.25) is 0 Å². The summed E-state index contributed by atoms with van der Waals surface area (Å²) < 4.78 is 7.85. The number of fused-ring (bicyclic) bond motifs is 2. The van der Waals surface area contributed by atoms with Crippen molar-refractivity contribution in [3.05, 3.63) is 51.9 Å². The molecule has 168 valence electrons. The summed E-state index contributed by atoms with van der Waals surface area (Å²) in [6, 6.07) is 6.56. The van der Waals surface area contributed by atoms with E-state index in [4.69, 9.17) is 10.1 Å². The Morgan fingerprint density at radius 3 is 2.72 bits per heavy atom. The fourth-order valence-electron chi connectivity index (χ4n) is 4.12. The first-order valence-electron chi connectivity index (χ1n) is 10.6. The summed E-state index contributed by atoms with van der Waals surface area (Å²) in [7, 11) is 0. The Bertz CT molecular complexity index is 1300. The third kappa shape index (κ3) is 3.77. The summed E-state index contributed by atoms with van der Waals surface area (Å²) in [4.78, 5) is 44.4. The number of piperidine rings is 1. The number of ether oxygens (including phenoxy) is 1. The number of hydrogen-bond donors (Lipinski definition) is 2. The van der Waals surface area contributed by atoms with Crippen LogP contribution in [0.25, 0.3) is 16.7 Å². The molecule has 1 saturated heterocycles. The number of carbonyl (C=O) groups is 2. The average molecular weight is 439 g/mol. The molecule has 1 aliphatic heterocycles. The molecular formula is C22H25N5O5. The van der Waals surface area contributed by atoms with Crippen molar-refractivity contribution in [2.45, 2.75) is 26.3 Å². The largest absolute Gasteiger partial charge is 0.466 e. The summed E-state index contributed by atoms with van der Waals surface area (Å²) in [6.07, 6.45) is 2.56. The highest BCUT2D eigenvalue weighted by Gasteiger charge is 2.30. The molecule has 1 aliphatic rings. The van der Waals surface area contributed by atoms with Crippen molar-refractivity contribution in [2.75, 3.05) is 26.3 Å². The number of esters is 1. The van der Waals surface area contributed by atoms with Crippen molar-refractivity contribution in [1.82, 2.24) is 18.9 Å². The maximum atomic E-state index is 13.3. The molecule has 32 heavy (non-hydrogen) atoms. The number of rotatable bonds is 5. The molecule has 1 amide bonds. The molecule has 0 radical (unpaired) electrons. The van der Waals surface area contributed by atoms with Crippen LogP contribution < -0.4 is 11.0 Å². The van der Waals surface area contributed by atoms with E-state index in [1.54, 1.807) is 36.2 Å². The molecule has 4 heterocycles. The van der Waals surface area contributed by atoms with E-state index in [0.717, 1.165) is 0 Å². The zero-order chi connectivity index (χ0) is 22.8. The summed E-state index contributed by atoms with van der Waals surface area (Å²) in [5, 5.41) is 18.3. The lowest BCUT2D eigenvalue weighted by atomic mass is 9.96. The molecule has 1 fully saturated rings. The highest BCUT2D eigenvalue weighted by Crippen LogP contribution is 2.20. The lowest BCUT2D eigenvalue weighted by Gasteiger charge is -2.31. The van der Waals surface area contributed by atoms with Crippen LogP contribution in [0.5, 0.6) is 0 Å². The van der Waals surface area contributed by atoms with E-state index in [0.29, 0.717) is 38.2 Å². The summed E-state index contributed by atoms with van der Waals surface area (Å²) in [6.45, 7) is 2.54. The third-order valence-corrected chi connectivity index (χ3v) is 5.77. The minimum Gasteiger partial charge on any atom is -0.466 e. The van der Waals surface area contributed by atoms with Gasteiger partial charge in [0.05, 0.1) is 30.1 Å². The number of hydrogen-bond acceptors (Lipinski definition) is 7. The first kappa shape index (κ1) is 21.7. The van der Waals surface area contributed by atoms with Crippen molar-refractivity contribution >= 4 is 28.6 Å². The van der Waals surface area contributed by atoms with Crippen LogP contribution in [0.1, 0.15) is 30.1 Å². The van der Waals surface area contributed by atoms with Crippen molar-refractivity contribution < 1.29 is 19.4 Å². The molecule has 0 aromatic carbocycles. The Morgan fingerprint density at radius 2 is 2.03 bits per heavy atom. The van der Waals surface area contributed by atoms with Crippen LogP contribution in [0, 0.1) is 11.3 Å². The van der Waals surface area contributed by atoms with Gasteiger partial charge in [0, 0.05) is 25.8 Å². The topological polar surface area (TPSA) is 130 Å². The number of aliphatic hydroxyl groups excluding tert-OH is 1. The van der Waals surface area contributed by atoms with E-state index >= 15 is 0 Å². The molecular weight excluding hydrogens is 414 g/mol. The Kier molecular flexibility index (Phi) is 6.04. The number of pyridine rings is 2. The van der Waals surface area contributed by atoms with E-state index in [1.807, 2.05) is 0 Å². The minimum absolute atomic E-state index is 0.0246. The van der Waals surface area contributed by atoms with Gasteiger partial charge in [-0.25, -0.2) is 4.98 Å². The van der Waals surface area contributed by atoms with E-state index in [-0.39, 0.29) is 58.6 Å². The van der Waals surface area contributed by atoms with Gasteiger partial charge >= 0.3 is 5.97 Å². The number of nitrogens with zero attached hydrogens (tertiary/aromatic N) is 4. The molecule has 3 aromatic heterocycles. The van der Waals surface area contributed by atoms with Crippen molar-refractivity contribution in [2.24, 2.45) is 5.92 Å². The third-order valence-electron chi connectivity index (χ3n) is 5.77. The smallest absolute Gasteiger partial charge is 0.309 e. The van der Waals surface area contributed by atoms with E-state index in [9.17, 15) is 19.5 Å². The Morgan fingerprint density at radius 1 is 1.28 bits per heavy atom. The van der Waals surface area contributed by atoms with Gasteiger partial charge < -0.3 is 19.3 Å². The van der Waals surface area contributed by atoms with Gasteiger partial charge in [-0.05, 0) is 38.0 Å². The Balaban J connectivity index is 1.75. The molecule has 0 atom stereocenters. The molecule has 4 rings (SSSR count). The fourth-order valence-corrected chi connectivity index (χ4v) is 4.12. The van der Waals surface area contributed by atoms with Crippen LogP contribution in [0.2, 0.25) is 0 Å². The molecule has 0 bridgehead atoms. The summed E-state index contributed by atoms with van der Waals surface area (Å²) in [5.41, 5.74) is 0.257. The Hall–Kier alpha value is -3.53. The molecule has 10 heteroatoms. The van der Waals surface area contributed by atoms with Gasteiger partial charge in [-0.1, -0.05) is 6.07 Å². The number of aromatic nitrogens is 3. The first-order chi connectivity index (χ1) is 15.5. The maximum absolute atomic E-state index is 13.3. The van der Waals surface area contributed by atoms with Gasteiger partial charge in [-0.15, -0.1) is 0 Å². The second kappa shape index (κ2) is 8.91. The summed E-state index contributed by atoms with van der Waals surface area (Å²) in [5.74, 6) is -0.882. The highest BCUT2D eigenvalue weighted by molar-refractivity contribution is 5.97. The first-order valence-corrected chi connectivity index (χ1v) is 10.6. The zero-order valence-corrected chi connectivity index (χ0v) is 17.8. The monoisotopic (exact) mass is 439 g/mol. The van der Waals surface area contributed by atoms with Crippen LogP contribution in [0.3, 0.4) is 0 Å².